The lowest BCUT2D eigenvalue weighted by atomic mass is 10.1. The number of anilines is 1. The van der Waals surface area contributed by atoms with Crippen molar-refractivity contribution in [3.8, 4) is 11.5 Å². The topological polar surface area (TPSA) is 104 Å². The number of nitrogens with one attached hydrogen (secondary N) is 1. The lowest BCUT2D eigenvalue weighted by Gasteiger charge is -2.19. The summed E-state index contributed by atoms with van der Waals surface area (Å²) in [6, 6.07) is 0. The van der Waals surface area contributed by atoms with Gasteiger partial charge in [-0.05, 0) is 6.42 Å². The van der Waals surface area contributed by atoms with Gasteiger partial charge in [-0.2, -0.15) is 0 Å². The van der Waals surface area contributed by atoms with Gasteiger partial charge < -0.3 is 9.88 Å². The first-order valence-corrected chi connectivity index (χ1v) is 9.19. The Morgan fingerprint density at radius 3 is 2.57 bits per heavy atom. The van der Waals surface area contributed by atoms with Crippen molar-refractivity contribution >= 4 is 5.95 Å². The van der Waals surface area contributed by atoms with Crippen molar-refractivity contribution in [1.82, 2.24) is 34.8 Å². The maximum Gasteiger partial charge on any atom is 0.254 e. The van der Waals surface area contributed by atoms with Crippen LogP contribution < -0.4 is 10.5 Å². The summed E-state index contributed by atoms with van der Waals surface area (Å²) in [5, 5.41) is 0. The molecule has 1 aliphatic heterocycles. The molecule has 0 aromatic carbocycles. The van der Waals surface area contributed by atoms with Gasteiger partial charge in [-0.15, -0.1) is 0 Å². The van der Waals surface area contributed by atoms with E-state index in [1.54, 1.807) is 18.6 Å². The second-order valence-electron chi connectivity index (χ2n) is 6.99. The molecule has 0 spiro atoms. The highest BCUT2D eigenvalue weighted by molar-refractivity contribution is 5.47. The lowest BCUT2D eigenvalue weighted by molar-refractivity contribution is 0.278. The Morgan fingerprint density at radius 2 is 1.86 bits per heavy atom. The predicted octanol–water partition coefficient (Wildman–Crippen LogP) is 0.684. The molecule has 144 valence electrons. The van der Waals surface area contributed by atoms with Crippen LogP contribution in [0.4, 0.5) is 5.95 Å². The van der Waals surface area contributed by atoms with Crippen LogP contribution in [0.5, 0.6) is 0 Å². The van der Waals surface area contributed by atoms with Crippen molar-refractivity contribution in [2.24, 2.45) is 0 Å². The van der Waals surface area contributed by atoms with E-state index in [0.717, 1.165) is 36.5 Å². The fourth-order valence-corrected chi connectivity index (χ4v) is 3.27. The van der Waals surface area contributed by atoms with E-state index in [9.17, 15) is 4.79 Å². The van der Waals surface area contributed by atoms with Gasteiger partial charge >= 0.3 is 0 Å². The summed E-state index contributed by atoms with van der Waals surface area (Å²) in [6.45, 7) is 2.35. The molecule has 0 atom stereocenters. The normalized spacial score (nSPS) is 14.4. The van der Waals surface area contributed by atoms with Crippen molar-refractivity contribution in [2.75, 3.05) is 32.1 Å². The van der Waals surface area contributed by atoms with Crippen LogP contribution in [-0.4, -0.2) is 62.0 Å². The molecule has 3 aromatic rings. The average molecular weight is 378 g/mol. The molecule has 4 heterocycles. The van der Waals surface area contributed by atoms with Gasteiger partial charge in [-0.1, -0.05) is 0 Å². The predicted molar refractivity (Wildman–Crippen MR) is 105 cm³/mol. The molecule has 0 unspecified atom stereocenters. The van der Waals surface area contributed by atoms with E-state index in [0.29, 0.717) is 30.3 Å². The minimum Gasteiger partial charge on any atom is -0.347 e. The number of aromatic nitrogens is 6. The molecule has 3 aromatic heterocycles. The molecule has 0 saturated heterocycles. The summed E-state index contributed by atoms with van der Waals surface area (Å²) >= 11 is 0. The molecule has 0 amide bonds. The summed E-state index contributed by atoms with van der Waals surface area (Å²) in [5.74, 6) is 1.16. The van der Waals surface area contributed by atoms with Crippen molar-refractivity contribution in [1.29, 1.82) is 0 Å². The molecular formula is C19H22N8O. The van der Waals surface area contributed by atoms with Crippen LogP contribution in [-0.2, 0) is 19.4 Å². The second-order valence-corrected chi connectivity index (χ2v) is 6.99. The van der Waals surface area contributed by atoms with Crippen LogP contribution in [0.1, 0.15) is 16.8 Å². The molecule has 0 saturated carbocycles. The summed E-state index contributed by atoms with van der Waals surface area (Å²) in [6.07, 6.45) is 9.88. The molecule has 1 N–H and O–H groups in total. The minimum atomic E-state index is -0.0915. The van der Waals surface area contributed by atoms with Crippen molar-refractivity contribution in [2.45, 2.75) is 19.4 Å². The number of hydrogen-bond donors (Lipinski definition) is 1. The second kappa shape index (κ2) is 7.81. The Kier molecular flexibility index (Phi) is 5.07. The van der Waals surface area contributed by atoms with E-state index in [2.05, 4.69) is 34.8 Å². The lowest BCUT2D eigenvalue weighted by Crippen LogP contribution is -2.26. The molecule has 1 aliphatic rings. The van der Waals surface area contributed by atoms with E-state index in [1.165, 1.54) is 0 Å². The highest BCUT2D eigenvalue weighted by Crippen LogP contribution is 2.16. The molecule has 0 bridgehead atoms. The Labute approximate surface area is 162 Å². The fourth-order valence-electron chi connectivity index (χ4n) is 3.27. The minimum absolute atomic E-state index is 0.0915. The summed E-state index contributed by atoms with van der Waals surface area (Å²) in [4.78, 5) is 41.3. The van der Waals surface area contributed by atoms with Crippen LogP contribution >= 0.6 is 0 Å². The van der Waals surface area contributed by atoms with E-state index < -0.39 is 0 Å². The number of aromatic amines is 1. The Bertz CT molecular complexity index is 1000. The van der Waals surface area contributed by atoms with E-state index in [4.69, 9.17) is 0 Å². The van der Waals surface area contributed by atoms with Crippen LogP contribution in [0.25, 0.3) is 11.5 Å². The highest BCUT2D eigenvalue weighted by Gasteiger charge is 2.19. The first kappa shape index (κ1) is 18.2. The van der Waals surface area contributed by atoms with Crippen LogP contribution in [0.3, 0.4) is 0 Å². The van der Waals surface area contributed by atoms with Gasteiger partial charge in [0.15, 0.2) is 5.82 Å². The molecule has 0 radical (unpaired) electrons. The fraction of sp³-hybridized carbons (Fsp3) is 0.368. The van der Waals surface area contributed by atoms with Crippen LogP contribution in [0, 0.1) is 0 Å². The Hall–Kier alpha value is -3.20. The van der Waals surface area contributed by atoms with Crippen LogP contribution in [0.2, 0.25) is 0 Å². The third-order valence-electron chi connectivity index (χ3n) is 4.75. The first-order chi connectivity index (χ1) is 13.6. The van der Waals surface area contributed by atoms with Crippen molar-refractivity contribution in [3.05, 3.63) is 58.2 Å². The van der Waals surface area contributed by atoms with E-state index in [-0.39, 0.29) is 5.56 Å². The summed E-state index contributed by atoms with van der Waals surface area (Å²) in [7, 11) is 3.84. The molecule has 9 nitrogen and oxygen atoms in total. The maximum absolute atomic E-state index is 12.6. The zero-order chi connectivity index (χ0) is 19.5. The number of hydrogen-bond acceptors (Lipinski definition) is 8. The van der Waals surface area contributed by atoms with E-state index in [1.807, 2.05) is 31.4 Å². The number of fused-ring (bicyclic) bond motifs is 1. The third-order valence-corrected chi connectivity index (χ3v) is 4.75. The highest BCUT2D eigenvalue weighted by atomic mass is 16.1. The van der Waals surface area contributed by atoms with E-state index >= 15 is 0 Å². The monoisotopic (exact) mass is 378 g/mol. The Morgan fingerprint density at radius 1 is 1.07 bits per heavy atom. The van der Waals surface area contributed by atoms with Crippen molar-refractivity contribution in [3.63, 3.8) is 0 Å². The van der Waals surface area contributed by atoms with Gasteiger partial charge in [-0.25, -0.2) is 19.9 Å². The van der Waals surface area contributed by atoms with Gasteiger partial charge in [0, 0.05) is 76.1 Å². The molecule has 28 heavy (non-hydrogen) atoms. The zero-order valence-electron chi connectivity index (χ0n) is 16.0. The van der Waals surface area contributed by atoms with Gasteiger partial charge in [0.05, 0.1) is 11.9 Å². The van der Waals surface area contributed by atoms with Gasteiger partial charge in [0.1, 0.15) is 5.69 Å². The molecule has 0 aliphatic carbocycles. The van der Waals surface area contributed by atoms with Crippen molar-refractivity contribution < 1.29 is 0 Å². The summed E-state index contributed by atoms with van der Waals surface area (Å²) in [5.41, 5.74) is 3.13. The molecular weight excluding hydrogens is 356 g/mol. The standard InChI is InChI=1S/C19H22N8O/c1-26(2)19-22-9-13(10-23-19)12-27-7-3-14-15(4-8-27)24-17(25-18(14)28)16-11-20-5-6-21-16/h5-6,9-11H,3-4,7-8,12H2,1-2H3,(H,24,25,28). The quantitative estimate of drug-likeness (QED) is 0.707. The molecule has 9 heteroatoms. The summed E-state index contributed by atoms with van der Waals surface area (Å²) < 4.78 is 0. The smallest absolute Gasteiger partial charge is 0.254 e. The zero-order valence-corrected chi connectivity index (χ0v) is 16.0. The van der Waals surface area contributed by atoms with Crippen LogP contribution in [0.15, 0.2) is 35.8 Å². The number of H-pyrrole nitrogens is 1. The maximum atomic E-state index is 12.6. The third kappa shape index (κ3) is 3.89. The van der Waals surface area contributed by atoms with Gasteiger partial charge in [0.2, 0.25) is 5.95 Å². The first-order valence-electron chi connectivity index (χ1n) is 9.19. The van der Waals surface area contributed by atoms with Gasteiger partial charge in [-0.3, -0.25) is 14.7 Å². The number of rotatable bonds is 4. The number of nitrogens with zero attached hydrogens (tertiary/aromatic N) is 7. The molecule has 0 fully saturated rings. The Balaban J connectivity index is 1.50. The molecule has 4 rings (SSSR count). The largest absolute Gasteiger partial charge is 0.347 e. The van der Waals surface area contributed by atoms with Gasteiger partial charge in [0.25, 0.3) is 5.56 Å². The average Bonchev–Trinajstić information content (AvgIpc) is 2.92. The SMILES string of the molecule is CN(C)c1ncc(CN2CCc3nc(-c4cnccn4)[nH]c(=O)c3CC2)cn1.